The lowest BCUT2D eigenvalue weighted by atomic mass is 10.2. The highest BCUT2D eigenvalue weighted by Gasteiger charge is 2.30. The minimum absolute atomic E-state index is 0. The first-order valence-corrected chi connectivity index (χ1v) is 9.20. The van der Waals surface area contributed by atoms with Crippen molar-refractivity contribution in [1.29, 1.82) is 0 Å². The lowest BCUT2D eigenvalue weighted by Crippen LogP contribution is -2.55. The number of guanidine groups is 1. The predicted molar refractivity (Wildman–Crippen MR) is 110 cm³/mol. The van der Waals surface area contributed by atoms with Crippen molar-refractivity contribution in [2.24, 2.45) is 4.99 Å². The number of hydrogen-bond acceptors (Lipinski definition) is 4. The van der Waals surface area contributed by atoms with Gasteiger partial charge in [0.1, 0.15) is 6.10 Å². The van der Waals surface area contributed by atoms with Crippen LogP contribution in [0.25, 0.3) is 0 Å². The Morgan fingerprint density at radius 1 is 1.24 bits per heavy atom. The van der Waals surface area contributed by atoms with Crippen LogP contribution in [0.5, 0.6) is 0 Å². The largest absolute Gasteiger partial charge is 0.380 e. The summed E-state index contributed by atoms with van der Waals surface area (Å²) in [6.07, 6.45) is 3.90. The topological polar surface area (TPSA) is 66.4 Å². The number of ether oxygens (including phenoxy) is 2. The van der Waals surface area contributed by atoms with Crippen LogP contribution in [0.4, 0.5) is 0 Å². The zero-order valence-electron chi connectivity index (χ0n) is 15.5. The van der Waals surface area contributed by atoms with Crippen molar-refractivity contribution in [1.82, 2.24) is 15.1 Å². The van der Waals surface area contributed by atoms with Crippen LogP contribution in [0.3, 0.4) is 0 Å². The van der Waals surface area contributed by atoms with E-state index in [9.17, 15) is 4.79 Å². The Hall–Kier alpha value is -0.610. The highest BCUT2D eigenvalue weighted by Crippen LogP contribution is 2.16. The van der Waals surface area contributed by atoms with Gasteiger partial charge in [-0.2, -0.15) is 0 Å². The van der Waals surface area contributed by atoms with Crippen LogP contribution < -0.4 is 5.32 Å². The third kappa shape index (κ3) is 7.26. The van der Waals surface area contributed by atoms with Gasteiger partial charge in [-0.25, -0.2) is 0 Å². The monoisotopic (exact) mass is 468 g/mol. The Balaban J connectivity index is 0.00000312. The molecule has 0 aromatic carbocycles. The maximum Gasteiger partial charge on any atom is 0.251 e. The van der Waals surface area contributed by atoms with Gasteiger partial charge >= 0.3 is 0 Å². The Kier molecular flexibility index (Phi) is 11.4. The molecule has 0 saturated carbocycles. The molecule has 25 heavy (non-hydrogen) atoms. The second-order valence-electron chi connectivity index (χ2n) is 6.25. The van der Waals surface area contributed by atoms with Gasteiger partial charge < -0.3 is 24.6 Å². The van der Waals surface area contributed by atoms with Crippen molar-refractivity contribution in [2.75, 3.05) is 59.6 Å². The normalized spacial score (nSPS) is 21.2. The summed E-state index contributed by atoms with van der Waals surface area (Å²) < 4.78 is 11.1. The molecule has 2 aliphatic rings. The van der Waals surface area contributed by atoms with Crippen LogP contribution in [0.15, 0.2) is 4.99 Å². The van der Waals surface area contributed by atoms with Crippen LogP contribution in [-0.2, 0) is 14.3 Å². The third-order valence-electron chi connectivity index (χ3n) is 4.48. The first-order chi connectivity index (χ1) is 11.8. The number of carbonyl (C=O) groups excluding carboxylic acids is 1. The summed E-state index contributed by atoms with van der Waals surface area (Å²) in [6, 6.07) is 0. The van der Waals surface area contributed by atoms with Gasteiger partial charge in [0.2, 0.25) is 0 Å². The smallest absolute Gasteiger partial charge is 0.251 e. The number of halogens is 1. The Labute approximate surface area is 168 Å². The van der Waals surface area contributed by atoms with Gasteiger partial charge in [0, 0.05) is 53.0 Å². The third-order valence-corrected chi connectivity index (χ3v) is 4.48. The van der Waals surface area contributed by atoms with E-state index in [0.29, 0.717) is 13.2 Å². The van der Waals surface area contributed by atoms with E-state index in [4.69, 9.17) is 9.47 Å². The van der Waals surface area contributed by atoms with Crippen molar-refractivity contribution in [3.05, 3.63) is 0 Å². The fourth-order valence-corrected chi connectivity index (χ4v) is 3.03. The van der Waals surface area contributed by atoms with E-state index in [0.717, 1.165) is 71.0 Å². The fourth-order valence-electron chi connectivity index (χ4n) is 3.03. The molecule has 7 nitrogen and oxygen atoms in total. The standard InChI is InChI=1S/C17H32N4O3.HI/c1-3-4-12-23-14-7-19-17(18-2)21-10-8-20(9-11-21)16(22)15-6-5-13-24-15;/h15H,3-14H2,1-2H3,(H,18,19);1H. The Morgan fingerprint density at radius 3 is 2.56 bits per heavy atom. The molecule has 1 amide bonds. The molecule has 8 heteroatoms. The summed E-state index contributed by atoms with van der Waals surface area (Å²) in [5.41, 5.74) is 0. The van der Waals surface area contributed by atoms with Gasteiger partial charge in [-0.1, -0.05) is 13.3 Å². The maximum atomic E-state index is 12.4. The minimum Gasteiger partial charge on any atom is -0.380 e. The van der Waals surface area contributed by atoms with Crippen molar-refractivity contribution in [3.63, 3.8) is 0 Å². The zero-order valence-corrected chi connectivity index (χ0v) is 17.9. The highest BCUT2D eigenvalue weighted by molar-refractivity contribution is 14.0. The molecule has 1 unspecified atom stereocenters. The second kappa shape index (κ2) is 12.7. The average molecular weight is 468 g/mol. The molecule has 2 aliphatic heterocycles. The summed E-state index contributed by atoms with van der Waals surface area (Å²) >= 11 is 0. The number of piperazine rings is 1. The number of aliphatic imine (C=N–C) groups is 1. The van der Waals surface area contributed by atoms with Crippen molar-refractivity contribution in [3.8, 4) is 0 Å². The van der Waals surface area contributed by atoms with E-state index in [2.05, 4.69) is 22.1 Å². The molecule has 2 fully saturated rings. The lowest BCUT2D eigenvalue weighted by Gasteiger charge is -2.37. The summed E-state index contributed by atoms with van der Waals surface area (Å²) in [7, 11) is 1.80. The van der Waals surface area contributed by atoms with E-state index < -0.39 is 0 Å². The fraction of sp³-hybridized carbons (Fsp3) is 0.882. The molecule has 2 heterocycles. The molecule has 146 valence electrons. The van der Waals surface area contributed by atoms with Crippen molar-refractivity contribution in [2.45, 2.75) is 38.7 Å². The predicted octanol–water partition coefficient (Wildman–Crippen LogP) is 1.32. The Morgan fingerprint density at radius 2 is 1.96 bits per heavy atom. The van der Waals surface area contributed by atoms with Gasteiger partial charge in [-0.15, -0.1) is 24.0 Å². The lowest BCUT2D eigenvalue weighted by molar-refractivity contribution is -0.142. The number of carbonyl (C=O) groups is 1. The van der Waals surface area contributed by atoms with Gasteiger partial charge in [0.25, 0.3) is 5.91 Å². The maximum absolute atomic E-state index is 12.4. The molecule has 2 saturated heterocycles. The first kappa shape index (κ1) is 22.4. The second-order valence-corrected chi connectivity index (χ2v) is 6.25. The minimum atomic E-state index is -0.214. The van der Waals surface area contributed by atoms with Gasteiger partial charge in [-0.3, -0.25) is 9.79 Å². The molecule has 0 aromatic rings. The Bertz CT molecular complexity index is 409. The number of rotatable bonds is 7. The van der Waals surface area contributed by atoms with Crippen molar-refractivity contribution >= 4 is 35.8 Å². The molecular weight excluding hydrogens is 435 g/mol. The molecule has 0 radical (unpaired) electrons. The summed E-state index contributed by atoms with van der Waals surface area (Å²) in [6.45, 7) is 8.20. The summed E-state index contributed by atoms with van der Waals surface area (Å²) in [5.74, 6) is 1.04. The van der Waals surface area contributed by atoms with Gasteiger partial charge in [0.05, 0.1) is 6.61 Å². The number of hydrogen-bond donors (Lipinski definition) is 1. The van der Waals surface area contributed by atoms with Crippen LogP contribution in [-0.4, -0.2) is 87.4 Å². The molecule has 0 aliphatic carbocycles. The molecule has 0 aromatic heterocycles. The quantitative estimate of drug-likeness (QED) is 0.264. The van der Waals surface area contributed by atoms with E-state index in [1.165, 1.54) is 0 Å². The molecule has 0 spiro atoms. The molecule has 2 rings (SSSR count). The highest BCUT2D eigenvalue weighted by atomic mass is 127. The molecule has 0 bridgehead atoms. The number of nitrogens with zero attached hydrogens (tertiary/aromatic N) is 3. The molecule has 1 N–H and O–H groups in total. The zero-order chi connectivity index (χ0) is 17.2. The van der Waals surface area contributed by atoms with Crippen molar-refractivity contribution < 1.29 is 14.3 Å². The van der Waals surface area contributed by atoms with Crippen LogP contribution in [0.2, 0.25) is 0 Å². The van der Waals surface area contributed by atoms with Crippen LogP contribution in [0, 0.1) is 0 Å². The van der Waals surface area contributed by atoms with E-state index in [1.54, 1.807) is 7.05 Å². The SMILES string of the molecule is CCCCOCCNC(=NC)N1CCN(C(=O)C2CCCO2)CC1.I. The molecular formula is C17H33IN4O3. The average Bonchev–Trinajstić information content (AvgIpc) is 3.15. The van der Waals surface area contributed by atoms with Gasteiger partial charge in [0.15, 0.2) is 5.96 Å². The van der Waals surface area contributed by atoms with E-state index >= 15 is 0 Å². The van der Waals surface area contributed by atoms with Gasteiger partial charge in [-0.05, 0) is 19.3 Å². The summed E-state index contributed by atoms with van der Waals surface area (Å²) in [4.78, 5) is 20.8. The van der Waals surface area contributed by atoms with Crippen LogP contribution in [0.1, 0.15) is 32.6 Å². The van der Waals surface area contributed by atoms with E-state index in [1.807, 2.05) is 4.90 Å². The first-order valence-electron chi connectivity index (χ1n) is 9.20. The number of nitrogens with one attached hydrogen (secondary N) is 1. The summed E-state index contributed by atoms with van der Waals surface area (Å²) in [5, 5.41) is 3.34. The number of amides is 1. The van der Waals surface area contributed by atoms with E-state index in [-0.39, 0.29) is 36.0 Å². The molecule has 1 atom stereocenters. The van der Waals surface area contributed by atoms with Crippen LogP contribution >= 0.6 is 24.0 Å². The number of unbranched alkanes of at least 4 members (excludes halogenated alkanes) is 1.